The molecule has 8 nitrogen and oxygen atoms in total. The summed E-state index contributed by atoms with van der Waals surface area (Å²) in [6.45, 7) is 3.47. The molecule has 0 unspecified atom stereocenters. The molecule has 0 atom stereocenters. The number of carbonyl (C=O) groups excluding carboxylic acids is 1. The van der Waals surface area contributed by atoms with Crippen molar-refractivity contribution in [1.82, 2.24) is 14.8 Å². The van der Waals surface area contributed by atoms with Crippen LogP contribution >= 0.6 is 0 Å². The minimum atomic E-state index is -4.15. The molecule has 4 rings (SSSR count). The summed E-state index contributed by atoms with van der Waals surface area (Å²) in [5.74, 6) is -1.27. The van der Waals surface area contributed by atoms with E-state index < -0.39 is 21.8 Å². The fourth-order valence-corrected chi connectivity index (χ4v) is 4.78. The van der Waals surface area contributed by atoms with Gasteiger partial charge >= 0.3 is 5.97 Å². The van der Waals surface area contributed by atoms with Crippen molar-refractivity contribution in [2.45, 2.75) is 18.7 Å². The van der Waals surface area contributed by atoms with Crippen molar-refractivity contribution < 1.29 is 22.3 Å². The molecule has 170 valence electrons. The van der Waals surface area contributed by atoms with E-state index in [0.717, 1.165) is 22.1 Å². The molecule has 0 radical (unpaired) electrons. The second-order valence-electron chi connectivity index (χ2n) is 7.20. The molecule has 0 spiro atoms. The molecule has 33 heavy (non-hydrogen) atoms. The molecule has 0 saturated heterocycles. The number of anilines is 1. The van der Waals surface area contributed by atoms with Gasteiger partial charge in [0.15, 0.2) is 5.65 Å². The molecule has 0 aliphatic rings. The number of rotatable bonds is 6. The Labute approximate surface area is 190 Å². The van der Waals surface area contributed by atoms with Gasteiger partial charge in [-0.1, -0.05) is 18.2 Å². The minimum Gasteiger partial charge on any atom is -0.462 e. The Morgan fingerprint density at radius 1 is 1.12 bits per heavy atom. The fourth-order valence-electron chi connectivity index (χ4n) is 3.55. The maximum absolute atomic E-state index is 13.4. The number of aryl methyl sites for hydroxylation is 1. The molecule has 2 aromatic carbocycles. The van der Waals surface area contributed by atoms with Gasteiger partial charge in [0.1, 0.15) is 11.4 Å². The number of benzene rings is 2. The van der Waals surface area contributed by atoms with Gasteiger partial charge in [-0.25, -0.2) is 27.3 Å². The third-order valence-corrected chi connectivity index (χ3v) is 6.90. The van der Waals surface area contributed by atoms with E-state index >= 15 is 0 Å². The number of aromatic nitrogens is 3. The van der Waals surface area contributed by atoms with Crippen molar-refractivity contribution in [3.8, 4) is 5.69 Å². The predicted octanol–water partition coefficient (Wildman–Crippen LogP) is 3.87. The van der Waals surface area contributed by atoms with Gasteiger partial charge in [-0.05, 0) is 50.2 Å². The number of ether oxygens (including phenoxy) is 1. The van der Waals surface area contributed by atoms with Crippen molar-refractivity contribution in [3.63, 3.8) is 0 Å². The van der Waals surface area contributed by atoms with E-state index in [4.69, 9.17) is 4.74 Å². The number of halogens is 1. The zero-order chi connectivity index (χ0) is 23.8. The van der Waals surface area contributed by atoms with E-state index in [-0.39, 0.29) is 22.8 Å². The SMILES string of the molecule is CCOC(=O)c1cnc2c(c(C)nn2-c2ccccc2)c1N(C)S(=O)(=O)c1ccc(F)cc1. The number of pyridine rings is 1. The fraction of sp³-hybridized carbons (Fsp3) is 0.174. The number of hydrogen-bond donors (Lipinski definition) is 0. The van der Waals surface area contributed by atoms with Crippen LogP contribution in [0.2, 0.25) is 0 Å². The van der Waals surface area contributed by atoms with E-state index in [1.54, 1.807) is 18.5 Å². The van der Waals surface area contributed by atoms with Gasteiger partial charge in [0.25, 0.3) is 10.0 Å². The normalized spacial score (nSPS) is 11.5. The van der Waals surface area contributed by atoms with E-state index in [0.29, 0.717) is 16.7 Å². The van der Waals surface area contributed by atoms with Crippen molar-refractivity contribution in [3.05, 3.63) is 77.9 Å². The van der Waals surface area contributed by atoms with Crippen molar-refractivity contribution in [2.24, 2.45) is 0 Å². The Morgan fingerprint density at radius 2 is 1.79 bits per heavy atom. The number of fused-ring (bicyclic) bond motifs is 1. The summed E-state index contributed by atoms with van der Waals surface area (Å²) in [5.41, 5.74) is 1.64. The molecular weight excluding hydrogens is 447 g/mol. The summed E-state index contributed by atoms with van der Waals surface area (Å²) >= 11 is 0. The first kappa shape index (κ1) is 22.4. The first-order valence-electron chi connectivity index (χ1n) is 10.1. The average Bonchev–Trinajstić information content (AvgIpc) is 3.15. The van der Waals surface area contributed by atoms with Crippen LogP contribution in [-0.2, 0) is 14.8 Å². The summed E-state index contributed by atoms with van der Waals surface area (Å²) in [6, 6.07) is 13.7. The van der Waals surface area contributed by atoms with Crippen LogP contribution in [0.25, 0.3) is 16.7 Å². The molecule has 0 aliphatic carbocycles. The molecule has 0 amide bonds. The smallest absolute Gasteiger partial charge is 0.341 e. The number of nitrogens with zero attached hydrogens (tertiary/aromatic N) is 4. The summed E-state index contributed by atoms with van der Waals surface area (Å²) in [7, 11) is -2.82. The van der Waals surface area contributed by atoms with Gasteiger partial charge in [-0.2, -0.15) is 5.10 Å². The van der Waals surface area contributed by atoms with Crippen molar-refractivity contribution in [2.75, 3.05) is 18.0 Å². The largest absolute Gasteiger partial charge is 0.462 e. The van der Waals surface area contributed by atoms with Crippen LogP contribution in [0.1, 0.15) is 23.0 Å². The molecule has 0 aliphatic heterocycles. The van der Waals surface area contributed by atoms with Crippen LogP contribution in [0.3, 0.4) is 0 Å². The Bertz CT molecular complexity index is 1440. The van der Waals surface area contributed by atoms with Crippen LogP contribution < -0.4 is 4.31 Å². The Balaban J connectivity index is 1.99. The lowest BCUT2D eigenvalue weighted by Gasteiger charge is -2.22. The standard InChI is InChI=1S/C23H21FN4O4S/c1-4-32-23(29)19-14-25-22-20(15(2)26-28(22)17-8-6-5-7-9-17)21(19)27(3)33(30,31)18-12-10-16(24)11-13-18/h5-14H,4H2,1-3H3. The van der Waals surface area contributed by atoms with E-state index in [1.807, 2.05) is 30.3 Å². The molecule has 0 bridgehead atoms. The van der Waals surface area contributed by atoms with Crippen LogP contribution in [-0.4, -0.2) is 42.8 Å². The summed E-state index contributed by atoms with van der Waals surface area (Å²) < 4.78 is 47.9. The van der Waals surface area contributed by atoms with Gasteiger partial charge in [0, 0.05) is 13.2 Å². The first-order valence-corrected chi connectivity index (χ1v) is 11.5. The van der Waals surface area contributed by atoms with Crippen LogP contribution in [0.5, 0.6) is 0 Å². The molecule has 4 aromatic rings. The summed E-state index contributed by atoms with van der Waals surface area (Å²) in [6.07, 6.45) is 1.28. The Morgan fingerprint density at radius 3 is 2.42 bits per heavy atom. The number of esters is 1. The zero-order valence-electron chi connectivity index (χ0n) is 18.2. The molecule has 2 aromatic heterocycles. The number of carbonyl (C=O) groups is 1. The number of sulfonamides is 1. The zero-order valence-corrected chi connectivity index (χ0v) is 19.0. The highest BCUT2D eigenvalue weighted by atomic mass is 32.2. The summed E-state index contributed by atoms with van der Waals surface area (Å²) in [4.78, 5) is 17.0. The van der Waals surface area contributed by atoms with Gasteiger partial charge in [-0.15, -0.1) is 0 Å². The second-order valence-corrected chi connectivity index (χ2v) is 9.17. The monoisotopic (exact) mass is 468 g/mol. The molecule has 0 fully saturated rings. The predicted molar refractivity (Wildman–Crippen MR) is 122 cm³/mol. The van der Waals surface area contributed by atoms with Crippen LogP contribution in [0, 0.1) is 12.7 Å². The molecule has 2 heterocycles. The maximum atomic E-state index is 13.4. The van der Waals surface area contributed by atoms with Gasteiger partial charge in [-0.3, -0.25) is 4.31 Å². The highest BCUT2D eigenvalue weighted by molar-refractivity contribution is 7.92. The van der Waals surface area contributed by atoms with Gasteiger partial charge in [0.2, 0.25) is 0 Å². The first-order chi connectivity index (χ1) is 15.8. The number of para-hydroxylation sites is 1. The van der Waals surface area contributed by atoms with Crippen LogP contribution in [0.15, 0.2) is 65.7 Å². The highest BCUT2D eigenvalue weighted by Crippen LogP contribution is 2.35. The minimum absolute atomic E-state index is 0.0201. The van der Waals surface area contributed by atoms with Crippen molar-refractivity contribution in [1.29, 1.82) is 0 Å². The van der Waals surface area contributed by atoms with Gasteiger partial charge < -0.3 is 4.74 Å². The van der Waals surface area contributed by atoms with E-state index in [2.05, 4.69) is 10.1 Å². The van der Waals surface area contributed by atoms with Crippen molar-refractivity contribution >= 4 is 32.7 Å². The molecule has 0 saturated carbocycles. The molecular formula is C23H21FN4O4S. The van der Waals surface area contributed by atoms with Crippen LogP contribution in [0.4, 0.5) is 10.1 Å². The lowest BCUT2D eigenvalue weighted by molar-refractivity contribution is 0.0527. The number of hydrogen-bond acceptors (Lipinski definition) is 6. The maximum Gasteiger partial charge on any atom is 0.341 e. The topological polar surface area (TPSA) is 94.4 Å². The molecule has 0 N–H and O–H groups in total. The third-order valence-electron chi connectivity index (χ3n) is 5.13. The highest BCUT2D eigenvalue weighted by Gasteiger charge is 2.30. The summed E-state index contributed by atoms with van der Waals surface area (Å²) in [5, 5.41) is 4.93. The van der Waals surface area contributed by atoms with E-state index in [9.17, 15) is 17.6 Å². The third kappa shape index (κ3) is 3.93. The lowest BCUT2D eigenvalue weighted by Crippen LogP contribution is -2.29. The quantitative estimate of drug-likeness (QED) is 0.399. The van der Waals surface area contributed by atoms with E-state index in [1.165, 1.54) is 25.4 Å². The second kappa shape index (κ2) is 8.62. The average molecular weight is 469 g/mol. The lowest BCUT2D eigenvalue weighted by atomic mass is 10.1. The molecule has 10 heteroatoms. The Kier molecular flexibility index (Phi) is 5.86. The van der Waals surface area contributed by atoms with Gasteiger partial charge in [0.05, 0.1) is 34.0 Å². The Hall–Kier alpha value is -3.79.